The molecule has 1 fully saturated rings. The minimum atomic E-state index is -0.00347. The zero-order valence-electron chi connectivity index (χ0n) is 9.90. The number of nitrogens with zero attached hydrogens (tertiary/aromatic N) is 2. The average molecular weight is 222 g/mol. The third-order valence-corrected chi connectivity index (χ3v) is 3.20. The zero-order chi connectivity index (χ0) is 11.5. The van der Waals surface area contributed by atoms with Gasteiger partial charge < -0.3 is 4.74 Å². The van der Waals surface area contributed by atoms with Crippen molar-refractivity contribution in [2.75, 3.05) is 7.11 Å². The molecule has 2 rings (SSSR count). The highest BCUT2D eigenvalue weighted by Gasteiger charge is 2.18. The van der Waals surface area contributed by atoms with Crippen molar-refractivity contribution < 1.29 is 4.74 Å². The Morgan fingerprint density at radius 1 is 1.50 bits per heavy atom. The van der Waals surface area contributed by atoms with E-state index in [1.807, 2.05) is 6.92 Å². The lowest BCUT2D eigenvalue weighted by Crippen LogP contribution is -2.25. The van der Waals surface area contributed by atoms with Crippen LogP contribution in [0, 0.1) is 12.8 Å². The first-order valence-corrected chi connectivity index (χ1v) is 5.83. The van der Waals surface area contributed by atoms with Crippen molar-refractivity contribution in [2.45, 2.75) is 39.2 Å². The van der Waals surface area contributed by atoms with Gasteiger partial charge in [0, 0.05) is 18.3 Å². The molecule has 88 valence electrons. The van der Waals surface area contributed by atoms with E-state index in [9.17, 15) is 4.79 Å². The molecule has 0 spiro atoms. The highest BCUT2D eigenvalue weighted by atomic mass is 16.5. The maximum atomic E-state index is 11.9. The van der Waals surface area contributed by atoms with Gasteiger partial charge in [0.2, 0.25) is 0 Å². The maximum absolute atomic E-state index is 11.9. The van der Waals surface area contributed by atoms with Gasteiger partial charge >= 0.3 is 0 Å². The summed E-state index contributed by atoms with van der Waals surface area (Å²) in [6, 6.07) is 2.01. The van der Waals surface area contributed by atoms with Gasteiger partial charge in [-0.2, -0.15) is 0 Å². The van der Waals surface area contributed by atoms with Crippen LogP contribution in [0.5, 0.6) is 6.01 Å². The monoisotopic (exact) mass is 222 g/mol. The molecule has 1 heterocycles. The second-order valence-electron chi connectivity index (χ2n) is 4.48. The number of hydrogen-bond acceptors (Lipinski definition) is 3. The van der Waals surface area contributed by atoms with Crippen molar-refractivity contribution in [3.63, 3.8) is 0 Å². The molecule has 1 aliphatic carbocycles. The smallest absolute Gasteiger partial charge is 0.299 e. The molecule has 4 nitrogen and oxygen atoms in total. The van der Waals surface area contributed by atoms with Crippen molar-refractivity contribution in [3.8, 4) is 6.01 Å². The largest absolute Gasteiger partial charge is 0.468 e. The minimum absolute atomic E-state index is 0.00347. The van der Waals surface area contributed by atoms with Crippen LogP contribution < -0.4 is 10.3 Å². The first-order valence-electron chi connectivity index (χ1n) is 5.83. The van der Waals surface area contributed by atoms with E-state index in [0.717, 1.165) is 6.54 Å². The lowest BCUT2D eigenvalue weighted by molar-refractivity contribution is 0.323. The summed E-state index contributed by atoms with van der Waals surface area (Å²) < 4.78 is 6.82. The predicted molar refractivity (Wildman–Crippen MR) is 61.7 cm³/mol. The Balaban J connectivity index is 2.27. The molecular weight excluding hydrogens is 204 g/mol. The molecular formula is C12H18N2O2. The molecule has 0 saturated heterocycles. The SMILES string of the molecule is COc1nc(C)cc(=O)n1CC1CCCC1. The molecule has 16 heavy (non-hydrogen) atoms. The Bertz CT molecular complexity index is 420. The molecule has 1 saturated carbocycles. The Hall–Kier alpha value is -1.32. The summed E-state index contributed by atoms with van der Waals surface area (Å²) >= 11 is 0. The van der Waals surface area contributed by atoms with Crippen LogP contribution in [0.15, 0.2) is 10.9 Å². The summed E-state index contributed by atoms with van der Waals surface area (Å²) in [6.07, 6.45) is 4.98. The Kier molecular flexibility index (Phi) is 3.27. The molecule has 0 aliphatic heterocycles. The van der Waals surface area contributed by atoms with E-state index in [2.05, 4.69) is 4.98 Å². The van der Waals surface area contributed by atoms with Gasteiger partial charge in [-0.15, -0.1) is 0 Å². The first-order chi connectivity index (χ1) is 7.70. The molecule has 0 radical (unpaired) electrons. The normalized spacial score (nSPS) is 16.6. The van der Waals surface area contributed by atoms with Gasteiger partial charge in [-0.3, -0.25) is 9.36 Å². The summed E-state index contributed by atoms with van der Waals surface area (Å²) in [7, 11) is 1.56. The average Bonchev–Trinajstić information content (AvgIpc) is 2.74. The van der Waals surface area contributed by atoms with Crippen LogP contribution in [0.25, 0.3) is 0 Å². The van der Waals surface area contributed by atoms with Crippen LogP contribution in [0.3, 0.4) is 0 Å². The quantitative estimate of drug-likeness (QED) is 0.782. The number of ether oxygens (including phenoxy) is 1. The summed E-state index contributed by atoms with van der Waals surface area (Å²) in [5.74, 6) is 0.608. The number of rotatable bonds is 3. The van der Waals surface area contributed by atoms with Gasteiger partial charge in [-0.05, 0) is 25.7 Å². The van der Waals surface area contributed by atoms with Gasteiger partial charge in [-0.1, -0.05) is 12.8 Å². The predicted octanol–water partition coefficient (Wildman–Crippen LogP) is 1.75. The fraction of sp³-hybridized carbons (Fsp3) is 0.667. The van der Waals surface area contributed by atoms with Crippen LogP contribution in [0.4, 0.5) is 0 Å². The first kappa shape index (κ1) is 11.2. The summed E-state index contributed by atoms with van der Waals surface area (Å²) in [6.45, 7) is 2.55. The number of methoxy groups -OCH3 is 1. The summed E-state index contributed by atoms with van der Waals surface area (Å²) in [5, 5.41) is 0. The van der Waals surface area contributed by atoms with E-state index in [-0.39, 0.29) is 5.56 Å². The number of hydrogen-bond donors (Lipinski definition) is 0. The van der Waals surface area contributed by atoms with Crippen molar-refractivity contribution in [1.82, 2.24) is 9.55 Å². The fourth-order valence-electron chi connectivity index (χ4n) is 2.37. The number of aryl methyl sites for hydroxylation is 1. The van der Waals surface area contributed by atoms with Gasteiger partial charge in [0.05, 0.1) is 7.11 Å². The van der Waals surface area contributed by atoms with Crippen molar-refractivity contribution in [3.05, 3.63) is 22.1 Å². The fourth-order valence-corrected chi connectivity index (χ4v) is 2.37. The molecule has 1 aromatic heterocycles. The highest BCUT2D eigenvalue weighted by Crippen LogP contribution is 2.26. The van der Waals surface area contributed by atoms with E-state index >= 15 is 0 Å². The Labute approximate surface area is 95.3 Å². The molecule has 0 amide bonds. The molecule has 0 aromatic carbocycles. The molecule has 1 aromatic rings. The van der Waals surface area contributed by atoms with Crippen molar-refractivity contribution in [2.24, 2.45) is 5.92 Å². The van der Waals surface area contributed by atoms with Gasteiger partial charge in [-0.25, -0.2) is 4.98 Å². The van der Waals surface area contributed by atoms with E-state index < -0.39 is 0 Å². The van der Waals surface area contributed by atoms with E-state index in [1.165, 1.54) is 25.7 Å². The van der Waals surface area contributed by atoms with Crippen LogP contribution in [-0.4, -0.2) is 16.7 Å². The van der Waals surface area contributed by atoms with Crippen LogP contribution in [0.1, 0.15) is 31.4 Å². The van der Waals surface area contributed by atoms with E-state index in [4.69, 9.17) is 4.74 Å². The van der Waals surface area contributed by atoms with Crippen LogP contribution in [-0.2, 0) is 6.54 Å². The van der Waals surface area contributed by atoms with Gasteiger partial charge in [0.25, 0.3) is 11.6 Å². The molecule has 1 aliphatic rings. The van der Waals surface area contributed by atoms with Crippen LogP contribution in [0.2, 0.25) is 0 Å². The van der Waals surface area contributed by atoms with Gasteiger partial charge in [0.15, 0.2) is 0 Å². The third kappa shape index (κ3) is 2.26. The lowest BCUT2D eigenvalue weighted by Gasteiger charge is -2.14. The second-order valence-corrected chi connectivity index (χ2v) is 4.48. The molecule has 0 N–H and O–H groups in total. The standard InChI is InChI=1S/C12H18N2O2/c1-9-7-11(15)14(12(13-9)16-2)8-10-5-3-4-6-10/h7,10H,3-6,8H2,1-2H3. The van der Waals surface area contributed by atoms with Crippen molar-refractivity contribution in [1.29, 1.82) is 0 Å². The van der Waals surface area contributed by atoms with Crippen molar-refractivity contribution >= 4 is 0 Å². The van der Waals surface area contributed by atoms with E-state index in [1.54, 1.807) is 17.7 Å². The molecule has 4 heteroatoms. The highest BCUT2D eigenvalue weighted by molar-refractivity contribution is 5.06. The Morgan fingerprint density at radius 3 is 2.81 bits per heavy atom. The number of aromatic nitrogens is 2. The lowest BCUT2D eigenvalue weighted by atomic mass is 10.1. The summed E-state index contributed by atoms with van der Waals surface area (Å²) in [5.41, 5.74) is 0.709. The Morgan fingerprint density at radius 2 is 2.19 bits per heavy atom. The maximum Gasteiger partial charge on any atom is 0.299 e. The molecule has 0 unspecified atom stereocenters. The second kappa shape index (κ2) is 4.68. The summed E-state index contributed by atoms with van der Waals surface area (Å²) in [4.78, 5) is 16.1. The van der Waals surface area contributed by atoms with Gasteiger partial charge in [0.1, 0.15) is 0 Å². The molecule has 0 atom stereocenters. The molecule has 0 bridgehead atoms. The third-order valence-electron chi connectivity index (χ3n) is 3.20. The minimum Gasteiger partial charge on any atom is -0.468 e. The van der Waals surface area contributed by atoms with E-state index in [0.29, 0.717) is 17.6 Å². The zero-order valence-corrected chi connectivity index (χ0v) is 9.90. The topological polar surface area (TPSA) is 44.1 Å². The van der Waals surface area contributed by atoms with Crippen LogP contribution >= 0.6 is 0 Å².